The maximum Gasteiger partial charge on any atom is 0.137 e. The fourth-order valence-corrected chi connectivity index (χ4v) is 1.99. The monoisotopic (exact) mass is 315 g/mol. The Kier molecular flexibility index (Phi) is 3.73. The summed E-state index contributed by atoms with van der Waals surface area (Å²) < 4.78 is 40.6. The molecular formula is C13H9BrF3N. The van der Waals surface area contributed by atoms with Crippen LogP contribution in [0.25, 0.3) is 0 Å². The van der Waals surface area contributed by atoms with Crippen LogP contribution in [0.3, 0.4) is 0 Å². The quantitative estimate of drug-likeness (QED) is 0.835. The normalized spacial score (nSPS) is 12.5. The van der Waals surface area contributed by atoms with E-state index in [4.69, 9.17) is 5.73 Å². The summed E-state index contributed by atoms with van der Waals surface area (Å²) in [5, 5.41) is 0. The number of benzene rings is 2. The maximum atomic E-state index is 13.7. The Morgan fingerprint density at radius 1 is 0.889 bits per heavy atom. The van der Waals surface area contributed by atoms with E-state index in [0.29, 0.717) is 0 Å². The molecule has 2 rings (SSSR count). The van der Waals surface area contributed by atoms with Gasteiger partial charge in [-0.1, -0.05) is 18.2 Å². The van der Waals surface area contributed by atoms with Crippen molar-refractivity contribution in [3.8, 4) is 0 Å². The zero-order valence-corrected chi connectivity index (χ0v) is 10.7. The highest BCUT2D eigenvalue weighted by molar-refractivity contribution is 9.10. The lowest BCUT2D eigenvalue weighted by molar-refractivity contribution is 0.559. The van der Waals surface area contributed by atoms with Gasteiger partial charge in [-0.2, -0.15) is 0 Å². The second-order valence-electron chi connectivity index (χ2n) is 3.79. The lowest BCUT2D eigenvalue weighted by atomic mass is 9.98. The van der Waals surface area contributed by atoms with E-state index in [1.54, 1.807) is 6.07 Å². The van der Waals surface area contributed by atoms with Crippen LogP contribution in [0.15, 0.2) is 40.9 Å². The van der Waals surface area contributed by atoms with E-state index < -0.39 is 23.5 Å². The molecule has 1 unspecified atom stereocenters. The zero-order valence-electron chi connectivity index (χ0n) is 9.13. The maximum absolute atomic E-state index is 13.7. The molecule has 0 heterocycles. The molecule has 0 aliphatic carbocycles. The van der Waals surface area contributed by atoms with E-state index in [0.717, 1.165) is 12.1 Å². The number of hydrogen-bond acceptors (Lipinski definition) is 1. The minimum Gasteiger partial charge on any atom is -0.320 e. The van der Waals surface area contributed by atoms with Crippen LogP contribution >= 0.6 is 15.9 Å². The smallest absolute Gasteiger partial charge is 0.137 e. The Hall–Kier alpha value is -1.33. The van der Waals surface area contributed by atoms with Crippen LogP contribution in [0.1, 0.15) is 17.2 Å². The van der Waals surface area contributed by atoms with E-state index in [-0.39, 0.29) is 15.6 Å². The predicted octanol–water partition coefficient (Wildman–Crippen LogP) is 3.91. The largest absolute Gasteiger partial charge is 0.320 e. The molecule has 1 nitrogen and oxygen atoms in total. The molecule has 18 heavy (non-hydrogen) atoms. The molecule has 0 radical (unpaired) electrons. The van der Waals surface area contributed by atoms with Crippen LogP contribution in [-0.4, -0.2) is 0 Å². The highest BCUT2D eigenvalue weighted by atomic mass is 79.9. The SMILES string of the molecule is NC(c1ccccc1F)c1cc(F)c(Br)cc1F. The standard InChI is InChI=1S/C13H9BrF3N/c14-9-6-11(16)8(5-12(9)17)13(18)7-3-1-2-4-10(7)15/h1-6,13H,18H2. The van der Waals surface area contributed by atoms with Crippen LogP contribution in [0.4, 0.5) is 13.2 Å². The molecule has 1 atom stereocenters. The fourth-order valence-electron chi connectivity index (χ4n) is 1.67. The van der Waals surface area contributed by atoms with Crippen molar-refractivity contribution in [2.45, 2.75) is 6.04 Å². The van der Waals surface area contributed by atoms with E-state index in [1.165, 1.54) is 18.2 Å². The minimum absolute atomic E-state index is 0.00415. The Morgan fingerprint density at radius 2 is 1.56 bits per heavy atom. The summed E-state index contributed by atoms with van der Waals surface area (Å²) in [5.41, 5.74) is 5.82. The van der Waals surface area contributed by atoms with Crippen molar-refractivity contribution in [1.29, 1.82) is 0 Å². The molecule has 2 aromatic rings. The summed E-state index contributed by atoms with van der Waals surface area (Å²) in [6.07, 6.45) is 0. The third-order valence-corrected chi connectivity index (χ3v) is 3.22. The molecule has 0 aromatic heterocycles. The second kappa shape index (κ2) is 5.12. The molecule has 5 heteroatoms. The second-order valence-corrected chi connectivity index (χ2v) is 4.64. The van der Waals surface area contributed by atoms with Crippen molar-refractivity contribution >= 4 is 15.9 Å². The number of hydrogen-bond donors (Lipinski definition) is 1. The van der Waals surface area contributed by atoms with E-state index in [2.05, 4.69) is 15.9 Å². The minimum atomic E-state index is -1.05. The third-order valence-electron chi connectivity index (χ3n) is 2.61. The predicted molar refractivity (Wildman–Crippen MR) is 66.5 cm³/mol. The molecule has 0 amide bonds. The topological polar surface area (TPSA) is 26.0 Å². The molecule has 0 bridgehead atoms. The molecule has 0 spiro atoms. The molecule has 0 saturated heterocycles. The van der Waals surface area contributed by atoms with Gasteiger partial charge in [-0.15, -0.1) is 0 Å². The molecule has 2 aromatic carbocycles. The van der Waals surface area contributed by atoms with Gasteiger partial charge in [0.2, 0.25) is 0 Å². The van der Waals surface area contributed by atoms with Crippen molar-refractivity contribution in [3.63, 3.8) is 0 Å². The van der Waals surface area contributed by atoms with Crippen molar-refractivity contribution in [3.05, 3.63) is 69.4 Å². The number of rotatable bonds is 2. The van der Waals surface area contributed by atoms with E-state index in [1.807, 2.05) is 0 Å². The van der Waals surface area contributed by atoms with Gasteiger partial charge in [0.25, 0.3) is 0 Å². The van der Waals surface area contributed by atoms with Crippen molar-refractivity contribution < 1.29 is 13.2 Å². The highest BCUT2D eigenvalue weighted by Gasteiger charge is 2.18. The summed E-state index contributed by atoms with van der Waals surface area (Å²) in [6, 6.07) is 6.66. The van der Waals surface area contributed by atoms with Gasteiger partial charge in [-0.25, -0.2) is 13.2 Å². The number of nitrogens with two attached hydrogens (primary N) is 1. The number of halogens is 4. The summed E-state index contributed by atoms with van der Waals surface area (Å²) in [6.45, 7) is 0. The summed E-state index contributed by atoms with van der Waals surface area (Å²) in [4.78, 5) is 0. The highest BCUT2D eigenvalue weighted by Crippen LogP contribution is 2.28. The van der Waals surface area contributed by atoms with Gasteiger partial charge in [0, 0.05) is 11.1 Å². The van der Waals surface area contributed by atoms with Gasteiger partial charge >= 0.3 is 0 Å². The first kappa shape index (κ1) is 13.1. The van der Waals surface area contributed by atoms with Crippen LogP contribution < -0.4 is 5.73 Å². The Balaban J connectivity index is 2.50. The zero-order chi connectivity index (χ0) is 13.3. The molecular weight excluding hydrogens is 307 g/mol. The Morgan fingerprint density at radius 3 is 2.22 bits per heavy atom. The summed E-state index contributed by atoms with van der Waals surface area (Å²) >= 11 is 2.87. The molecule has 2 N–H and O–H groups in total. The first-order chi connectivity index (χ1) is 8.50. The van der Waals surface area contributed by atoms with Crippen molar-refractivity contribution in [2.24, 2.45) is 5.73 Å². The van der Waals surface area contributed by atoms with E-state index in [9.17, 15) is 13.2 Å². The van der Waals surface area contributed by atoms with Crippen molar-refractivity contribution in [2.75, 3.05) is 0 Å². The molecule has 94 valence electrons. The first-order valence-electron chi connectivity index (χ1n) is 5.15. The first-order valence-corrected chi connectivity index (χ1v) is 5.94. The van der Waals surface area contributed by atoms with Gasteiger partial charge in [0.05, 0.1) is 10.5 Å². The Labute approximate surface area is 111 Å². The lowest BCUT2D eigenvalue weighted by Gasteiger charge is -2.14. The molecule has 0 aliphatic rings. The van der Waals surface area contributed by atoms with Gasteiger partial charge in [-0.05, 0) is 34.1 Å². The summed E-state index contributed by atoms with van der Waals surface area (Å²) in [7, 11) is 0. The van der Waals surface area contributed by atoms with Crippen LogP contribution in [0.5, 0.6) is 0 Å². The van der Waals surface area contributed by atoms with Crippen LogP contribution in [-0.2, 0) is 0 Å². The van der Waals surface area contributed by atoms with Gasteiger partial charge < -0.3 is 5.73 Å². The van der Waals surface area contributed by atoms with Crippen molar-refractivity contribution in [1.82, 2.24) is 0 Å². The molecule has 0 fully saturated rings. The van der Waals surface area contributed by atoms with E-state index >= 15 is 0 Å². The van der Waals surface area contributed by atoms with Crippen LogP contribution in [0.2, 0.25) is 0 Å². The lowest BCUT2D eigenvalue weighted by Crippen LogP contribution is -2.15. The Bertz CT molecular complexity index is 586. The average Bonchev–Trinajstić information content (AvgIpc) is 2.33. The average molecular weight is 316 g/mol. The molecule has 0 saturated carbocycles. The van der Waals surface area contributed by atoms with Gasteiger partial charge in [-0.3, -0.25) is 0 Å². The summed E-state index contributed by atoms with van der Waals surface area (Å²) in [5.74, 6) is -1.87. The van der Waals surface area contributed by atoms with Gasteiger partial charge in [0.1, 0.15) is 17.5 Å². The fraction of sp³-hybridized carbons (Fsp3) is 0.0769. The van der Waals surface area contributed by atoms with Crippen LogP contribution in [0, 0.1) is 17.5 Å². The van der Waals surface area contributed by atoms with Gasteiger partial charge in [0.15, 0.2) is 0 Å². The molecule has 0 aliphatic heterocycles. The third kappa shape index (κ3) is 2.42.